The summed E-state index contributed by atoms with van der Waals surface area (Å²) >= 11 is 1.94. The van der Waals surface area contributed by atoms with Gasteiger partial charge in [-0.15, -0.1) is 11.3 Å². The molecule has 0 spiro atoms. The number of nitrogens with zero attached hydrogens (tertiary/aromatic N) is 2. The second kappa shape index (κ2) is 10.5. The standard InChI is InChI=1S/C48H29N3S/c1-2-14-31-27-32(22-21-28(31)11-1)43-48(50-44-33-15-5-3-12-29(33)24-26-39(44)49-43)51-40-20-10-9-19-37(40)42-45(51)36-18-8-7-17-35(36)41-38-25-23-30-13-4-6-16-34(30)46(38)52-47(41)42/h1-27,48,50H. The van der Waals surface area contributed by atoms with E-state index in [1.54, 1.807) is 0 Å². The van der Waals surface area contributed by atoms with Gasteiger partial charge in [-0.1, -0.05) is 146 Å². The van der Waals surface area contributed by atoms with Crippen LogP contribution >= 0.6 is 11.3 Å². The summed E-state index contributed by atoms with van der Waals surface area (Å²) in [6.07, 6.45) is -0.280. The Morgan fingerprint density at radius 2 is 1.12 bits per heavy atom. The van der Waals surface area contributed by atoms with Crippen molar-refractivity contribution in [3.8, 4) is 0 Å². The van der Waals surface area contributed by atoms with Crippen LogP contribution in [0.25, 0.3) is 85.1 Å². The van der Waals surface area contributed by atoms with Gasteiger partial charge in [0.25, 0.3) is 0 Å². The van der Waals surface area contributed by atoms with Crippen molar-refractivity contribution < 1.29 is 0 Å². The normalized spacial score (nSPS) is 14.6. The van der Waals surface area contributed by atoms with Gasteiger partial charge in [0.05, 0.1) is 28.1 Å². The van der Waals surface area contributed by atoms with Crippen molar-refractivity contribution in [3.05, 3.63) is 169 Å². The Bertz CT molecular complexity index is 3350. The molecule has 4 heteroatoms. The molecule has 0 radical (unpaired) electrons. The third-order valence-electron chi connectivity index (χ3n) is 11.2. The lowest BCUT2D eigenvalue weighted by molar-refractivity contribution is 0.762. The fraction of sp³-hybridized carbons (Fsp3) is 0.0208. The lowest BCUT2D eigenvalue weighted by atomic mass is 9.97. The monoisotopic (exact) mass is 679 g/mol. The molecule has 0 bridgehead atoms. The van der Waals surface area contributed by atoms with Crippen LogP contribution in [0.2, 0.25) is 0 Å². The Morgan fingerprint density at radius 1 is 0.481 bits per heavy atom. The maximum absolute atomic E-state index is 5.57. The van der Waals surface area contributed by atoms with Gasteiger partial charge in [0, 0.05) is 47.3 Å². The predicted molar refractivity (Wildman–Crippen MR) is 224 cm³/mol. The van der Waals surface area contributed by atoms with Crippen molar-refractivity contribution in [3.63, 3.8) is 0 Å². The van der Waals surface area contributed by atoms with E-state index in [1.165, 1.54) is 85.1 Å². The molecule has 1 N–H and O–H groups in total. The molecule has 11 aromatic rings. The van der Waals surface area contributed by atoms with E-state index in [0.29, 0.717) is 0 Å². The summed E-state index contributed by atoms with van der Waals surface area (Å²) in [5.74, 6) is 0. The number of hydrogen-bond acceptors (Lipinski definition) is 3. The highest BCUT2D eigenvalue weighted by Gasteiger charge is 2.31. The number of rotatable bonds is 2. The quantitative estimate of drug-likeness (QED) is 0.194. The van der Waals surface area contributed by atoms with E-state index >= 15 is 0 Å². The first-order chi connectivity index (χ1) is 25.8. The molecule has 2 aromatic heterocycles. The number of nitrogens with one attached hydrogen (secondary N) is 1. The minimum absolute atomic E-state index is 0.280. The van der Waals surface area contributed by atoms with Gasteiger partial charge in [-0.05, 0) is 50.5 Å². The fourth-order valence-electron chi connectivity index (χ4n) is 8.86. The zero-order valence-electron chi connectivity index (χ0n) is 28.0. The average molecular weight is 680 g/mol. The molecule has 0 fully saturated rings. The van der Waals surface area contributed by atoms with E-state index in [0.717, 1.165) is 22.6 Å². The summed E-state index contributed by atoms with van der Waals surface area (Å²) in [5, 5.41) is 19.3. The molecule has 52 heavy (non-hydrogen) atoms. The molecular weight excluding hydrogens is 651 g/mol. The van der Waals surface area contributed by atoms with E-state index in [1.807, 2.05) is 11.3 Å². The molecule has 0 saturated heterocycles. The third kappa shape index (κ3) is 3.82. The van der Waals surface area contributed by atoms with Gasteiger partial charge in [-0.3, -0.25) is 0 Å². The van der Waals surface area contributed by atoms with Gasteiger partial charge in [-0.2, -0.15) is 0 Å². The average Bonchev–Trinajstić information content (AvgIpc) is 3.77. The summed E-state index contributed by atoms with van der Waals surface area (Å²) in [6, 6.07) is 59.7. The molecule has 3 nitrogen and oxygen atoms in total. The topological polar surface area (TPSA) is 29.3 Å². The van der Waals surface area contributed by atoms with Gasteiger partial charge < -0.3 is 9.88 Å². The van der Waals surface area contributed by atoms with Crippen LogP contribution in [0.1, 0.15) is 11.7 Å². The van der Waals surface area contributed by atoms with Crippen LogP contribution in [0, 0.1) is 0 Å². The predicted octanol–water partition coefficient (Wildman–Crippen LogP) is 13.5. The molecule has 0 saturated carbocycles. The van der Waals surface area contributed by atoms with Crippen molar-refractivity contribution >= 4 is 113 Å². The molecular formula is C48H29N3S. The maximum atomic E-state index is 5.57. The number of hydrogen-bond donors (Lipinski definition) is 1. The minimum Gasteiger partial charge on any atom is -0.358 e. The second-order valence-corrected chi connectivity index (χ2v) is 14.9. The molecule has 1 aliphatic rings. The van der Waals surface area contributed by atoms with E-state index < -0.39 is 0 Å². The second-order valence-electron chi connectivity index (χ2n) is 13.9. The Morgan fingerprint density at radius 3 is 1.96 bits per heavy atom. The molecule has 242 valence electrons. The van der Waals surface area contributed by atoms with E-state index in [2.05, 4.69) is 174 Å². The van der Waals surface area contributed by atoms with Gasteiger partial charge in [0.1, 0.15) is 6.17 Å². The fourth-order valence-corrected chi connectivity index (χ4v) is 10.3. The zero-order valence-corrected chi connectivity index (χ0v) is 28.8. The molecule has 1 atom stereocenters. The summed E-state index contributed by atoms with van der Waals surface area (Å²) in [6.45, 7) is 0. The first-order valence-electron chi connectivity index (χ1n) is 17.8. The van der Waals surface area contributed by atoms with Crippen molar-refractivity contribution in [2.24, 2.45) is 4.99 Å². The summed E-state index contributed by atoms with van der Waals surface area (Å²) in [4.78, 5) is 5.57. The van der Waals surface area contributed by atoms with Gasteiger partial charge in [0.15, 0.2) is 0 Å². The summed E-state index contributed by atoms with van der Waals surface area (Å²) < 4.78 is 5.23. The lowest BCUT2D eigenvalue weighted by Crippen LogP contribution is -2.30. The van der Waals surface area contributed by atoms with Crippen LogP contribution in [-0.2, 0) is 0 Å². The Balaban J connectivity index is 1.24. The number of anilines is 1. The van der Waals surface area contributed by atoms with E-state index in [4.69, 9.17) is 4.99 Å². The Kier molecular flexibility index (Phi) is 5.71. The highest BCUT2D eigenvalue weighted by Crippen LogP contribution is 2.50. The molecule has 0 aliphatic carbocycles. The molecule has 1 aliphatic heterocycles. The van der Waals surface area contributed by atoms with Crippen molar-refractivity contribution in [2.45, 2.75) is 6.17 Å². The highest BCUT2D eigenvalue weighted by atomic mass is 32.1. The number of para-hydroxylation sites is 1. The van der Waals surface area contributed by atoms with Crippen LogP contribution < -0.4 is 5.32 Å². The Hall–Kier alpha value is -6.49. The smallest absolute Gasteiger partial charge is 0.148 e. The number of aromatic nitrogens is 1. The largest absolute Gasteiger partial charge is 0.358 e. The van der Waals surface area contributed by atoms with Crippen LogP contribution in [0.4, 0.5) is 11.4 Å². The third-order valence-corrected chi connectivity index (χ3v) is 12.4. The highest BCUT2D eigenvalue weighted by molar-refractivity contribution is 7.28. The van der Waals surface area contributed by atoms with Crippen molar-refractivity contribution in [2.75, 3.05) is 5.32 Å². The number of benzene rings is 9. The SMILES string of the molecule is c1ccc2cc(C3=Nc4ccc5ccccc5c4NC3n3c4ccccc4c4c5sc6c7ccccc7ccc6c5c5ccccc5c43)ccc2c1. The van der Waals surface area contributed by atoms with Crippen LogP contribution in [-0.4, -0.2) is 10.3 Å². The van der Waals surface area contributed by atoms with Gasteiger partial charge >= 0.3 is 0 Å². The summed E-state index contributed by atoms with van der Waals surface area (Å²) in [7, 11) is 0. The van der Waals surface area contributed by atoms with Gasteiger partial charge in [0.2, 0.25) is 0 Å². The maximum Gasteiger partial charge on any atom is 0.148 e. The zero-order chi connectivity index (χ0) is 33.9. The van der Waals surface area contributed by atoms with Crippen LogP contribution in [0.15, 0.2) is 169 Å². The number of aliphatic imine (C=N–C) groups is 1. The molecule has 0 amide bonds. The van der Waals surface area contributed by atoms with Crippen LogP contribution in [0.5, 0.6) is 0 Å². The van der Waals surface area contributed by atoms with E-state index in [-0.39, 0.29) is 6.17 Å². The van der Waals surface area contributed by atoms with Crippen molar-refractivity contribution in [1.82, 2.24) is 4.57 Å². The first-order valence-corrected chi connectivity index (χ1v) is 18.7. The molecule has 3 heterocycles. The number of thiophene rings is 1. The van der Waals surface area contributed by atoms with Crippen molar-refractivity contribution in [1.29, 1.82) is 0 Å². The lowest BCUT2D eigenvalue weighted by Gasteiger charge is -2.31. The molecule has 12 rings (SSSR count). The Labute approximate surface area is 302 Å². The summed E-state index contributed by atoms with van der Waals surface area (Å²) in [5.41, 5.74) is 6.56. The molecule has 1 unspecified atom stereocenters. The molecule has 9 aromatic carbocycles. The van der Waals surface area contributed by atoms with Gasteiger partial charge in [-0.25, -0.2) is 4.99 Å². The minimum atomic E-state index is -0.280. The number of fused-ring (bicyclic) bond motifs is 16. The van der Waals surface area contributed by atoms with Crippen LogP contribution in [0.3, 0.4) is 0 Å². The van der Waals surface area contributed by atoms with E-state index in [9.17, 15) is 0 Å². The first kappa shape index (κ1) is 28.2.